The summed E-state index contributed by atoms with van der Waals surface area (Å²) in [6.07, 6.45) is 1.71. The molecule has 1 aromatic heterocycles. The summed E-state index contributed by atoms with van der Waals surface area (Å²) < 4.78 is 1.23. The summed E-state index contributed by atoms with van der Waals surface area (Å²) in [5, 5.41) is 8.14. The lowest BCUT2D eigenvalue weighted by atomic mass is 10.2. The lowest BCUT2D eigenvalue weighted by Gasteiger charge is -1.95. The van der Waals surface area contributed by atoms with Crippen molar-refractivity contribution in [2.75, 3.05) is 0 Å². The molecule has 2 rings (SSSR count). The van der Waals surface area contributed by atoms with Crippen molar-refractivity contribution in [1.29, 1.82) is 0 Å². The van der Waals surface area contributed by atoms with Gasteiger partial charge in [-0.3, -0.25) is 0 Å². The fourth-order valence-corrected chi connectivity index (χ4v) is 1.55. The van der Waals surface area contributed by atoms with Crippen LogP contribution in [0.25, 0.3) is 0 Å². The smallest absolute Gasteiger partial charge is 0.173 e. The molecular weight excluding hydrogens is 313 g/mol. The van der Waals surface area contributed by atoms with E-state index in [0.717, 1.165) is 5.56 Å². The number of hydrogen-bond acceptors (Lipinski definition) is 3. The number of hydrogen-bond donors (Lipinski definition) is 0. The molecule has 0 unspecified atom stereocenters. The minimum absolute atomic E-state index is 0.591. The average molecular weight is 323 g/mol. The van der Waals surface area contributed by atoms with Crippen molar-refractivity contribution in [3.8, 4) is 0 Å². The molecule has 3 nitrogen and oxygen atoms in total. The van der Waals surface area contributed by atoms with Gasteiger partial charge < -0.3 is 0 Å². The summed E-state index contributed by atoms with van der Waals surface area (Å²) in [7, 11) is 0. The Morgan fingerprint density at radius 2 is 1.88 bits per heavy atom. The van der Waals surface area contributed by atoms with Gasteiger partial charge in [-0.05, 0) is 52.4 Å². The molecule has 0 amide bonds. The zero-order valence-corrected chi connectivity index (χ0v) is 10.7. The maximum atomic E-state index is 4.10. The van der Waals surface area contributed by atoms with E-state index in [1.54, 1.807) is 6.20 Å². The largest absolute Gasteiger partial charge is 0.236 e. The summed E-state index contributed by atoms with van der Waals surface area (Å²) >= 11 is 2.28. The molecule has 16 heavy (non-hydrogen) atoms. The molecule has 0 atom stereocenters. The monoisotopic (exact) mass is 323 g/mol. The van der Waals surface area contributed by atoms with Crippen LogP contribution in [0.1, 0.15) is 5.56 Å². The fourth-order valence-electron chi connectivity index (χ4n) is 1.19. The minimum atomic E-state index is 0.591. The first kappa shape index (κ1) is 11.2. The Balaban J connectivity index is 1.97. The van der Waals surface area contributed by atoms with Gasteiger partial charge in [0.15, 0.2) is 5.82 Å². The Bertz CT molecular complexity index is 465. The highest BCUT2D eigenvalue weighted by atomic mass is 127. The number of aromatic nitrogens is 1. The van der Waals surface area contributed by atoms with Crippen LogP contribution in [0.5, 0.6) is 0 Å². The van der Waals surface area contributed by atoms with Crippen molar-refractivity contribution >= 4 is 28.4 Å². The van der Waals surface area contributed by atoms with E-state index in [-0.39, 0.29) is 0 Å². The van der Waals surface area contributed by atoms with Crippen molar-refractivity contribution in [3.63, 3.8) is 0 Å². The Kier molecular flexibility index (Phi) is 3.98. The summed E-state index contributed by atoms with van der Waals surface area (Å²) in [6.45, 7) is 0.591. The Morgan fingerprint density at radius 3 is 2.56 bits per heavy atom. The maximum Gasteiger partial charge on any atom is 0.173 e. The summed E-state index contributed by atoms with van der Waals surface area (Å²) in [6, 6.07) is 13.8. The van der Waals surface area contributed by atoms with Gasteiger partial charge in [0.1, 0.15) is 0 Å². The van der Waals surface area contributed by atoms with Gasteiger partial charge in [0.25, 0.3) is 0 Å². The van der Waals surface area contributed by atoms with E-state index in [4.69, 9.17) is 0 Å². The van der Waals surface area contributed by atoms with Crippen molar-refractivity contribution in [2.45, 2.75) is 6.54 Å². The number of rotatable bonds is 3. The topological polar surface area (TPSA) is 37.6 Å². The molecular formula is C12H10IN3. The third-order valence-electron chi connectivity index (χ3n) is 1.99. The molecule has 0 spiro atoms. The van der Waals surface area contributed by atoms with Crippen LogP contribution in [0, 0.1) is 3.57 Å². The SMILES string of the molecule is Ic1ccc(CN=Nc2ccccn2)cc1. The van der Waals surface area contributed by atoms with E-state index >= 15 is 0 Å². The van der Waals surface area contributed by atoms with Gasteiger partial charge in [0.05, 0.1) is 6.54 Å². The van der Waals surface area contributed by atoms with Crippen LogP contribution in [0.3, 0.4) is 0 Å². The second kappa shape index (κ2) is 5.69. The summed E-state index contributed by atoms with van der Waals surface area (Å²) in [5.41, 5.74) is 1.15. The number of pyridine rings is 1. The van der Waals surface area contributed by atoms with E-state index in [0.29, 0.717) is 12.4 Å². The van der Waals surface area contributed by atoms with Gasteiger partial charge >= 0.3 is 0 Å². The van der Waals surface area contributed by atoms with Crippen LogP contribution in [-0.2, 0) is 6.54 Å². The van der Waals surface area contributed by atoms with Gasteiger partial charge in [-0.25, -0.2) is 4.98 Å². The van der Waals surface area contributed by atoms with Crippen LogP contribution in [-0.4, -0.2) is 4.98 Å². The van der Waals surface area contributed by atoms with Crippen molar-refractivity contribution in [1.82, 2.24) is 4.98 Å². The molecule has 0 radical (unpaired) electrons. The molecule has 1 heterocycles. The highest BCUT2D eigenvalue weighted by Gasteiger charge is 1.91. The molecule has 0 aliphatic carbocycles. The Labute approximate surface area is 108 Å². The van der Waals surface area contributed by atoms with Crippen molar-refractivity contribution < 1.29 is 0 Å². The first-order chi connectivity index (χ1) is 7.84. The summed E-state index contributed by atoms with van der Waals surface area (Å²) in [4.78, 5) is 4.06. The van der Waals surface area contributed by atoms with Crippen LogP contribution in [0.4, 0.5) is 5.82 Å². The van der Waals surface area contributed by atoms with E-state index in [1.807, 2.05) is 18.2 Å². The molecule has 4 heteroatoms. The molecule has 0 fully saturated rings. The maximum absolute atomic E-state index is 4.10. The highest BCUT2D eigenvalue weighted by molar-refractivity contribution is 14.1. The first-order valence-corrected chi connectivity index (χ1v) is 5.95. The quantitative estimate of drug-likeness (QED) is 0.622. The standard InChI is InChI=1S/C12H10IN3/c13-11-6-4-10(5-7-11)9-15-16-12-3-1-2-8-14-12/h1-8H,9H2. The molecule has 0 aliphatic heterocycles. The zero-order chi connectivity index (χ0) is 11.2. The second-order valence-corrected chi connectivity index (χ2v) is 4.46. The molecule has 0 bridgehead atoms. The molecule has 80 valence electrons. The van der Waals surface area contributed by atoms with Crippen LogP contribution in [0.2, 0.25) is 0 Å². The number of benzene rings is 1. The predicted molar refractivity (Wildman–Crippen MR) is 71.6 cm³/mol. The molecule has 0 saturated heterocycles. The zero-order valence-electron chi connectivity index (χ0n) is 8.55. The Morgan fingerprint density at radius 1 is 1.06 bits per heavy atom. The predicted octanol–water partition coefficient (Wildman–Crippen LogP) is 3.97. The highest BCUT2D eigenvalue weighted by Crippen LogP contribution is 2.10. The summed E-state index contributed by atoms with van der Waals surface area (Å²) in [5.74, 6) is 0.646. The van der Waals surface area contributed by atoms with Gasteiger partial charge in [0, 0.05) is 9.77 Å². The van der Waals surface area contributed by atoms with Gasteiger partial charge in [0.2, 0.25) is 0 Å². The van der Waals surface area contributed by atoms with E-state index < -0.39 is 0 Å². The lowest BCUT2D eigenvalue weighted by Crippen LogP contribution is -1.80. The molecule has 2 aromatic rings. The van der Waals surface area contributed by atoms with Crippen LogP contribution >= 0.6 is 22.6 Å². The van der Waals surface area contributed by atoms with Gasteiger partial charge in [-0.2, -0.15) is 5.11 Å². The fraction of sp³-hybridized carbons (Fsp3) is 0.0833. The van der Waals surface area contributed by atoms with Crippen LogP contribution < -0.4 is 0 Å². The second-order valence-electron chi connectivity index (χ2n) is 3.21. The Hall–Kier alpha value is -1.30. The number of azo groups is 1. The lowest BCUT2D eigenvalue weighted by molar-refractivity contribution is 0.946. The van der Waals surface area contributed by atoms with Crippen molar-refractivity contribution in [3.05, 3.63) is 57.8 Å². The third kappa shape index (κ3) is 3.37. The number of halogens is 1. The average Bonchev–Trinajstić information content (AvgIpc) is 2.33. The van der Waals surface area contributed by atoms with E-state index in [1.165, 1.54) is 3.57 Å². The molecule has 1 aromatic carbocycles. The van der Waals surface area contributed by atoms with Gasteiger partial charge in [-0.15, -0.1) is 5.11 Å². The van der Waals surface area contributed by atoms with Crippen molar-refractivity contribution in [2.24, 2.45) is 10.2 Å². The van der Waals surface area contributed by atoms with Crippen LogP contribution in [0.15, 0.2) is 58.9 Å². The third-order valence-corrected chi connectivity index (χ3v) is 2.71. The minimum Gasteiger partial charge on any atom is -0.236 e. The normalized spacial score (nSPS) is 10.8. The number of nitrogens with zero attached hydrogens (tertiary/aromatic N) is 3. The van der Waals surface area contributed by atoms with E-state index in [9.17, 15) is 0 Å². The molecule has 0 N–H and O–H groups in total. The van der Waals surface area contributed by atoms with E-state index in [2.05, 4.69) is 62.1 Å². The molecule has 0 aliphatic rings. The molecule has 0 saturated carbocycles. The first-order valence-electron chi connectivity index (χ1n) is 4.87. The van der Waals surface area contributed by atoms with Gasteiger partial charge in [-0.1, -0.05) is 18.2 Å².